The van der Waals surface area contributed by atoms with Gasteiger partial charge in [-0.3, -0.25) is 0 Å². The Morgan fingerprint density at radius 2 is 1.92 bits per heavy atom. The molecule has 0 amide bonds. The molecule has 0 bridgehead atoms. The normalized spacial score (nSPS) is 11.2. The van der Waals surface area contributed by atoms with Crippen LogP contribution in [0.4, 0.5) is 0 Å². The summed E-state index contributed by atoms with van der Waals surface area (Å²) in [6.07, 6.45) is 0.763. The first-order chi connectivity index (χ1) is 5.97. The van der Waals surface area contributed by atoms with Crippen LogP contribution >= 0.6 is 0 Å². The number of hydrogen-bond acceptors (Lipinski definition) is 3. The Kier molecular flexibility index (Phi) is 2.28. The zero-order valence-corrected chi connectivity index (χ0v) is 7.61. The smallest absolute Gasteiger partial charge is 0.130 e. The van der Waals surface area contributed by atoms with Crippen molar-refractivity contribution in [2.24, 2.45) is 0 Å². The van der Waals surface area contributed by atoms with E-state index in [4.69, 9.17) is 5.11 Å². The van der Waals surface area contributed by atoms with Crippen molar-refractivity contribution in [2.45, 2.75) is 19.3 Å². The van der Waals surface area contributed by atoms with E-state index in [0.717, 1.165) is 6.29 Å². The average Bonchev–Trinajstić information content (AvgIpc) is 2.03. The number of phenolic OH excluding ortho intramolecular Hbond substituents is 2. The third-order valence-electron chi connectivity index (χ3n) is 1.97. The highest BCUT2D eigenvalue weighted by Crippen LogP contribution is 2.31. The Bertz CT molecular complexity index is 329. The number of benzene rings is 1. The number of carbonyl (C=O) groups excluding carboxylic acids is 1. The van der Waals surface area contributed by atoms with Crippen molar-refractivity contribution in [3.63, 3.8) is 0 Å². The van der Waals surface area contributed by atoms with E-state index in [2.05, 4.69) is 0 Å². The van der Waals surface area contributed by atoms with E-state index in [1.165, 1.54) is 12.1 Å². The lowest BCUT2D eigenvalue weighted by atomic mass is 9.86. The van der Waals surface area contributed by atoms with Gasteiger partial charge in [0.15, 0.2) is 0 Å². The molecule has 3 heteroatoms. The molecule has 70 valence electrons. The van der Waals surface area contributed by atoms with E-state index in [9.17, 15) is 9.90 Å². The molecular weight excluding hydrogens is 168 g/mol. The van der Waals surface area contributed by atoms with Crippen molar-refractivity contribution < 1.29 is 15.0 Å². The number of carbonyl (C=O) groups is 1. The summed E-state index contributed by atoms with van der Waals surface area (Å²) in [4.78, 5) is 10.7. The van der Waals surface area contributed by atoms with Crippen LogP contribution in [0, 0.1) is 0 Å². The van der Waals surface area contributed by atoms with Crippen LogP contribution in [-0.4, -0.2) is 16.5 Å². The zero-order chi connectivity index (χ0) is 10.1. The molecular formula is C10H12O3. The molecule has 0 fully saturated rings. The van der Waals surface area contributed by atoms with Gasteiger partial charge in [0.25, 0.3) is 0 Å². The predicted octanol–water partition coefficient (Wildman–Crippen LogP) is 1.57. The second-order valence-electron chi connectivity index (χ2n) is 3.54. The summed E-state index contributed by atoms with van der Waals surface area (Å²) in [6, 6.07) is 4.21. The Hall–Kier alpha value is -1.51. The van der Waals surface area contributed by atoms with E-state index < -0.39 is 5.41 Å². The first-order valence-corrected chi connectivity index (χ1v) is 3.96. The minimum absolute atomic E-state index is 0.0112. The Morgan fingerprint density at radius 3 is 2.38 bits per heavy atom. The van der Waals surface area contributed by atoms with Crippen LogP contribution < -0.4 is 0 Å². The van der Waals surface area contributed by atoms with Gasteiger partial charge in [0, 0.05) is 17.0 Å². The topological polar surface area (TPSA) is 57.5 Å². The maximum atomic E-state index is 10.7. The van der Waals surface area contributed by atoms with Gasteiger partial charge in [0.1, 0.15) is 17.8 Å². The van der Waals surface area contributed by atoms with Gasteiger partial charge in [-0.05, 0) is 19.9 Å². The molecule has 0 saturated heterocycles. The molecule has 0 radical (unpaired) electrons. The van der Waals surface area contributed by atoms with Crippen LogP contribution in [0.25, 0.3) is 0 Å². The van der Waals surface area contributed by atoms with Crippen LogP contribution in [0.2, 0.25) is 0 Å². The van der Waals surface area contributed by atoms with Gasteiger partial charge in [-0.1, -0.05) is 6.07 Å². The van der Waals surface area contributed by atoms with Gasteiger partial charge in [-0.25, -0.2) is 0 Å². The highest BCUT2D eigenvalue weighted by molar-refractivity contribution is 5.69. The number of rotatable bonds is 2. The highest BCUT2D eigenvalue weighted by Gasteiger charge is 2.22. The molecule has 3 nitrogen and oxygen atoms in total. The number of phenols is 2. The molecule has 0 aliphatic heterocycles. The molecule has 13 heavy (non-hydrogen) atoms. The fourth-order valence-electron chi connectivity index (χ4n) is 1.13. The van der Waals surface area contributed by atoms with Gasteiger partial charge >= 0.3 is 0 Å². The zero-order valence-electron chi connectivity index (χ0n) is 7.61. The van der Waals surface area contributed by atoms with Gasteiger partial charge in [0.05, 0.1) is 0 Å². The first kappa shape index (κ1) is 9.58. The minimum atomic E-state index is -0.724. The van der Waals surface area contributed by atoms with Crippen LogP contribution in [-0.2, 0) is 10.2 Å². The lowest BCUT2D eigenvalue weighted by molar-refractivity contribution is -0.111. The van der Waals surface area contributed by atoms with E-state index in [1.807, 2.05) is 0 Å². The summed E-state index contributed by atoms with van der Waals surface area (Å²) in [5, 5.41) is 18.5. The quantitative estimate of drug-likeness (QED) is 0.679. The second-order valence-corrected chi connectivity index (χ2v) is 3.54. The largest absolute Gasteiger partial charge is 0.508 e. The molecule has 1 aromatic rings. The first-order valence-electron chi connectivity index (χ1n) is 3.96. The predicted molar refractivity (Wildman–Crippen MR) is 48.9 cm³/mol. The number of aromatic hydroxyl groups is 2. The summed E-state index contributed by atoms with van der Waals surface area (Å²) < 4.78 is 0. The molecule has 0 saturated carbocycles. The summed E-state index contributed by atoms with van der Waals surface area (Å²) in [7, 11) is 0. The monoisotopic (exact) mass is 180 g/mol. The van der Waals surface area contributed by atoms with Crippen molar-refractivity contribution in [3.05, 3.63) is 23.8 Å². The Morgan fingerprint density at radius 1 is 1.31 bits per heavy atom. The Balaban J connectivity index is 3.23. The molecule has 0 unspecified atom stereocenters. The molecule has 1 aromatic carbocycles. The molecule has 0 spiro atoms. The second kappa shape index (κ2) is 3.09. The van der Waals surface area contributed by atoms with E-state index in [-0.39, 0.29) is 11.5 Å². The minimum Gasteiger partial charge on any atom is -0.508 e. The molecule has 1 rings (SSSR count). The van der Waals surface area contributed by atoms with Gasteiger partial charge < -0.3 is 15.0 Å². The Labute approximate surface area is 76.6 Å². The van der Waals surface area contributed by atoms with Crippen LogP contribution in [0.5, 0.6) is 11.5 Å². The number of hydrogen-bond donors (Lipinski definition) is 2. The van der Waals surface area contributed by atoms with Crippen molar-refractivity contribution in [3.8, 4) is 11.5 Å². The van der Waals surface area contributed by atoms with Crippen molar-refractivity contribution in [2.75, 3.05) is 0 Å². The van der Waals surface area contributed by atoms with Gasteiger partial charge in [0.2, 0.25) is 0 Å². The summed E-state index contributed by atoms with van der Waals surface area (Å²) in [5.41, 5.74) is -0.210. The molecule has 0 aliphatic rings. The molecule has 2 N–H and O–H groups in total. The molecule has 0 heterocycles. The van der Waals surface area contributed by atoms with Gasteiger partial charge in [-0.15, -0.1) is 0 Å². The van der Waals surface area contributed by atoms with E-state index in [1.54, 1.807) is 19.9 Å². The fourth-order valence-corrected chi connectivity index (χ4v) is 1.13. The highest BCUT2D eigenvalue weighted by atomic mass is 16.3. The maximum absolute atomic E-state index is 10.7. The molecule has 0 aromatic heterocycles. The van der Waals surface area contributed by atoms with Crippen LogP contribution in [0.3, 0.4) is 0 Å². The van der Waals surface area contributed by atoms with Crippen LogP contribution in [0.15, 0.2) is 18.2 Å². The summed E-state index contributed by atoms with van der Waals surface area (Å²) in [5.74, 6) is -0.0694. The SMILES string of the molecule is CC(C)(C=O)c1ccc(O)cc1O. The van der Waals surface area contributed by atoms with Gasteiger partial charge in [-0.2, -0.15) is 0 Å². The standard InChI is InChI=1S/C10H12O3/c1-10(2,6-11)8-4-3-7(12)5-9(8)13/h3-6,12-13H,1-2H3. The third-order valence-corrected chi connectivity index (χ3v) is 1.97. The van der Waals surface area contributed by atoms with Crippen LogP contribution in [0.1, 0.15) is 19.4 Å². The van der Waals surface area contributed by atoms with Crippen molar-refractivity contribution >= 4 is 6.29 Å². The summed E-state index contributed by atoms with van der Waals surface area (Å²) in [6.45, 7) is 3.40. The maximum Gasteiger partial charge on any atom is 0.130 e. The lowest BCUT2D eigenvalue weighted by Crippen LogP contribution is -2.18. The molecule has 0 aliphatic carbocycles. The summed E-state index contributed by atoms with van der Waals surface area (Å²) >= 11 is 0. The fraction of sp³-hybridized carbons (Fsp3) is 0.300. The lowest BCUT2D eigenvalue weighted by Gasteiger charge is -2.18. The molecule has 0 atom stereocenters. The third kappa shape index (κ3) is 1.80. The average molecular weight is 180 g/mol. The van der Waals surface area contributed by atoms with E-state index >= 15 is 0 Å². The van der Waals surface area contributed by atoms with Crippen molar-refractivity contribution in [1.82, 2.24) is 0 Å². The van der Waals surface area contributed by atoms with E-state index in [0.29, 0.717) is 5.56 Å². The number of aldehydes is 1. The van der Waals surface area contributed by atoms with Crippen molar-refractivity contribution in [1.29, 1.82) is 0 Å².